The molecule has 0 heterocycles. The van der Waals surface area contributed by atoms with Crippen LogP contribution in [0.2, 0.25) is 0 Å². The molecule has 35 heavy (non-hydrogen) atoms. The average molecular weight is 623 g/mol. The summed E-state index contributed by atoms with van der Waals surface area (Å²) in [5.74, 6) is -0.463. The van der Waals surface area contributed by atoms with Crippen molar-refractivity contribution in [1.29, 1.82) is 0 Å². The monoisotopic (exact) mass is 620 g/mol. The first-order chi connectivity index (χ1) is 16.3. The Labute approximate surface area is 215 Å². The molecule has 5 nitrogen and oxygen atoms in total. The number of phenolic OH excluding ortho intramolecular Hbond substituents is 1. The number of nitrogens with zero attached hydrogens (tertiary/aromatic N) is 2. The zero-order chi connectivity index (χ0) is 26.4. The Morgan fingerprint density at radius 3 is 1.94 bits per heavy atom. The molecule has 1 fully saturated rings. The summed E-state index contributed by atoms with van der Waals surface area (Å²) < 4.78 is 78.2. The van der Waals surface area contributed by atoms with E-state index in [9.17, 15) is 41.6 Å². The van der Waals surface area contributed by atoms with E-state index in [0.29, 0.717) is 30.5 Å². The molecule has 0 aliphatic heterocycles. The van der Waals surface area contributed by atoms with E-state index in [1.807, 2.05) is 0 Å². The Morgan fingerprint density at radius 1 is 0.971 bits per heavy atom. The molecule has 0 amide bonds. The fraction of sp³-hybridized carbons (Fsp3) is 0.381. The molecule has 1 saturated carbocycles. The Bertz CT molecular complexity index is 1040. The van der Waals surface area contributed by atoms with Gasteiger partial charge in [-0.1, -0.05) is 19.3 Å². The third kappa shape index (κ3) is 8.46. The summed E-state index contributed by atoms with van der Waals surface area (Å²) >= 11 is -0.826. The number of benzene rings is 2. The number of aromatic hydroxyl groups is 1. The first-order valence-corrected chi connectivity index (χ1v) is 16.4. The predicted molar refractivity (Wildman–Crippen MR) is 116 cm³/mol. The molecule has 190 valence electrons. The quantitative estimate of drug-likeness (QED) is 0.161. The first kappa shape index (κ1) is 29.6. The van der Waals surface area contributed by atoms with Crippen LogP contribution in [0.3, 0.4) is 0 Å². The van der Waals surface area contributed by atoms with Crippen LogP contribution >= 0.6 is 17.0 Å². The number of halogens is 8. The number of non-ortho nitro benzene ring substituents is 1. The van der Waals surface area contributed by atoms with Crippen molar-refractivity contribution in [3.05, 3.63) is 62.7 Å². The molecule has 0 bridgehead atoms. The molecule has 14 heteroatoms. The van der Waals surface area contributed by atoms with Crippen LogP contribution in [-0.2, 0) is 33.2 Å². The van der Waals surface area contributed by atoms with Crippen LogP contribution in [0, 0.1) is 10.1 Å². The van der Waals surface area contributed by atoms with Crippen LogP contribution in [0.1, 0.15) is 60.3 Å². The SMILES string of the molecule is O=[N+]([O-])c1cc(C=Nc2cc(C(F)(F)F)cc(C(F)(F)F)c2)c(O)c(C2CCCCC2)c1.[Cl][Zr][Cl]. The van der Waals surface area contributed by atoms with E-state index in [0.717, 1.165) is 31.5 Å². The van der Waals surface area contributed by atoms with Gasteiger partial charge in [0.1, 0.15) is 5.75 Å². The van der Waals surface area contributed by atoms with Gasteiger partial charge < -0.3 is 5.11 Å². The predicted octanol–water partition coefficient (Wildman–Crippen LogP) is 8.51. The summed E-state index contributed by atoms with van der Waals surface area (Å²) in [6, 6.07) is 3.06. The van der Waals surface area contributed by atoms with Crippen molar-refractivity contribution in [2.24, 2.45) is 4.99 Å². The van der Waals surface area contributed by atoms with Gasteiger partial charge in [-0.2, -0.15) is 26.3 Å². The molecular formula is C21H18Cl2F6N2O3Zr. The van der Waals surface area contributed by atoms with Gasteiger partial charge in [0.15, 0.2) is 0 Å². The maximum absolute atomic E-state index is 13.0. The molecule has 2 aromatic rings. The molecule has 1 aliphatic carbocycles. The summed E-state index contributed by atoms with van der Waals surface area (Å²) in [5.41, 5.74) is -3.93. The van der Waals surface area contributed by atoms with Gasteiger partial charge in [0.05, 0.1) is 21.7 Å². The second kappa shape index (κ2) is 12.5. The molecule has 0 unspecified atom stereocenters. The molecule has 3 rings (SSSR count). The molecule has 0 saturated heterocycles. The summed E-state index contributed by atoms with van der Waals surface area (Å²) in [7, 11) is 9.87. The second-order valence-electron chi connectivity index (χ2n) is 7.66. The number of alkyl halides is 6. The standard InChI is InChI=1S/C21H18F6N2O3.2ClH.Zr/c22-20(23,24)14-7-15(21(25,26)27)9-16(8-14)28-11-13-6-17(29(31)32)10-18(19(13)30)12-4-2-1-3-5-12;;;/h6-12,30H,1-5H2;2*1H;/q;;;+2/p-2. The molecular weight excluding hydrogens is 604 g/mol. The van der Waals surface area contributed by atoms with Crippen molar-refractivity contribution >= 4 is 34.6 Å². The normalized spacial score (nSPS) is 15.0. The number of hydrogen-bond donors (Lipinski definition) is 1. The van der Waals surface area contributed by atoms with Gasteiger partial charge in [-0.3, -0.25) is 15.1 Å². The Hall–Kier alpha value is -1.65. The van der Waals surface area contributed by atoms with E-state index >= 15 is 0 Å². The summed E-state index contributed by atoms with van der Waals surface area (Å²) in [6.07, 6.45) is -5.08. The molecule has 0 atom stereocenters. The maximum atomic E-state index is 13.0. The zero-order valence-corrected chi connectivity index (χ0v) is 21.7. The minimum atomic E-state index is -5.03. The zero-order valence-electron chi connectivity index (χ0n) is 17.8. The molecule has 0 spiro atoms. The third-order valence-corrected chi connectivity index (χ3v) is 5.33. The van der Waals surface area contributed by atoms with Gasteiger partial charge in [-0.05, 0) is 37.0 Å². The van der Waals surface area contributed by atoms with E-state index in [1.165, 1.54) is 6.07 Å². The fourth-order valence-corrected chi connectivity index (χ4v) is 3.75. The number of phenols is 1. The van der Waals surface area contributed by atoms with Gasteiger partial charge >= 0.3 is 50.2 Å². The number of aliphatic imine (C=N–C) groups is 1. The average Bonchev–Trinajstić information content (AvgIpc) is 2.78. The molecule has 1 aliphatic rings. The molecule has 0 radical (unpaired) electrons. The van der Waals surface area contributed by atoms with Gasteiger partial charge in [0, 0.05) is 29.5 Å². The third-order valence-electron chi connectivity index (χ3n) is 5.33. The van der Waals surface area contributed by atoms with Crippen molar-refractivity contribution in [2.75, 3.05) is 0 Å². The number of nitro benzene ring substituents is 1. The Morgan fingerprint density at radius 2 is 1.49 bits per heavy atom. The van der Waals surface area contributed by atoms with E-state index in [1.54, 1.807) is 0 Å². The second-order valence-corrected chi connectivity index (χ2v) is 11.4. The number of hydrogen-bond acceptors (Lipinski definition) is 4. The molecule has 2 aromatic carbocycles. The van der Waals surface area contributed by atoms with E-state index in [2.05, 4.69) is 4.99 Å². The fourth-order valence-electron chi connectivity index (χ4n) is 3.75. The van der Waals surface area contributed by atoms with Crippen molar-refractivity contribution in [3.8, 4) is 5.75 Å². The minimum absolute atomic E-state index is 0.0228. The topological polar surface area (TPSA) is 75.7 Å². The van der Waals surface area contributed by atoms with Crippen LogP contribution in [0.15, 0.2) is 35.3 Å². The van der Waals surface area contributed by atoms with Crippen molar-refractivity contribution in [2.45, 2.75) is 50.4 Å². The van der Waals surface area contributed by atoms with Gasteiger partial charge in [-0.15, -0.1) is 0 Å². The van der Waals surface area contributed by atoms with Gasteiger partial charge in [0.2, 0.25) is 0 Å². The number of nitro groups is 1. The van der Waals surface area contributed by atoms with Crippen molar-refractivity contribution < 1.29 is 57.2 Å². The van der Waals surface area contributed by atoms with Crippen LogP contribution in [0.4, 0.5) is 37.7 Å². The van der Waals surface area contributed by atoms with Gasteiger partial charge in [-0.25, -0.2) is 0 Å². The van der Waals surface area contributed by atoms with Crippen molar-refractivity contribution in [3.63, 3.8) is 0 Å². The van der Waals surface area contributed by atoms with E-state index in [-0.39, 0.29) is 29.0 Å². The Balaban J connectivity index is 0.00000137. The Kier molecular flexibility index (Phi) is 10.6. The van der Waals surface area contributed by atoms with Crippen LogP contribution in [0.5, 0.6) is 5.75 Å². The summed E-state index contributed by atoms with van der Waals surface area (Å²) in [4.78, 5) is 14.3. The van der Waals surface area contributed by atoms with E-state index in [4.69, 9.17) is 17.0 Å². The molecule has 1 N–H and O–H groups in total. The van der Waals surface area contributed by atoms with E-state index < -0.39 is 54.9 Å². The summed E-state index contributed by atoms with van der Waals surface area (Å²) in [6.45, 7) is 0. The first-order valence-electron chi connectivity index (χ1n) is 10.1. The summed E-state index contributed by atoms with van der Waals surface area (Å²) in [5, 5.41) is 21.9. The van der Waals surface area contributed by atoms with Crippen LogP contribution in [0.25, 0.3) is 0 Å². The molecule has 0 aromatic heterocycles. The van der Waals surface area contributed by atoms with Gasteiger partial charge in [0.25, 0.3) is 5.69 Å². The van der Waals surface area contributed by atoms with Crippen LogP contribution in [-0.4, -0.2) is 16.2 Å². The van der Waals surface area contributed by atoms with Crippen molar-refractivity contribution in [1.82, 2.24) is 0 Å². The number of rotatable bonds is 4. The van der Waals surface area contributed by atoms with Crippen LogP contribution < -0.4 is 0 Å².